The molecule has 1 aromatic carbocycles. The molecule has 2 aromatic rings. The lowest BCUT2D eigenvalue weighted by Gasteiger charge is -2.29. The number of amides is 2. The van der Waals surface area contributed by atoms with E-state index in [0.717, 1.165) is 18.4 Å². The Kier molecular flexibility index (Phi) is 4.85. The first-order valence-corrected chi connectivity index (χ1v) is 8.28. The van der Waals surface area contributed by atoms with Gasteiger partial charge in [-0.25, -0.2) is 4.79 Å². The number of nitro groups is 1. The van der Waals surface area contributed by atoms with Gasteiger partial charge >= 0.3 is 6.03 Å². The number of carbonyl (C=O) groups is 1. The summed E-state index contributed by atoms with van der Waals surface area (Å²) in [6, 6.07) is 7.69. The molecule has 3 rings (SSSR count). The first-order valence-electron chi connectivity index (χ1n) is 7.90. The van der Waals surface area contributed by atoms with Crippen molar-refractivity contribution in [1.29, 1.82) is 0 Å². The van der Waals surface area contributed by atoms with Gasteiger partial charge in [-0.1, -0.05) is 17.7 Å². The molecule has 1 aliphatic rings. The molecule has 0 saturated heterocycles. The van der Waals surface area contributed by atoms with E-state index >= 15 is 0 Å². The molecule has 0 aliphatic heterocycles. The molecular weight excluding hydrogens is 344 g/mol. The molecule has 1 atom stereocenters. The minimum atomic E-state index is -0.574. The van der Waals surface area contributed by atoms with Crippen LogP contribution in [0.2, 0.25) is 5.02 Å². The fourth-order valence-electron chi connectivity index (χ4n) is 2.71. The summed E-state index contributed by atoms with van der Waals surface area (Å²) in [5.41, 5.74) is 1.04. The van der Waals surface area contributed by atoms with E-state index in [9.17, 15) is 14.9 Å². The van der Waals surface area contributed by atoms with E-state index in [2.05, 4.69) is 10.3 Å². The number of urea groups is 1. The normalized spacial score (nSPS) is 14.6. The average molecular weight is 361 g/mol. The van der Waals surface area contributed by atoms with Crippen LogP contribution in [-0.4, -0.2) is 26.9 Å². The number of rotatable bonds is 5. The third-order valence-corrected chi connectivity index (χ3v) is 4.47. The fourth-order valence-corrected chi connectivity index (χ4v) is 2.90. The van der Waals surface area contributed by atoms with Gasteiger partial charge in [0.15, 0.2) is 0 Å². The van der Waals surface area contributed by atoms with Crippen molar-refractivity contribution in [3.63, 3.8) is 0 Å². The van der Waals surface area contributed by atoms with Gasteiger partial charge in [-0.2, -0.15) is 0 Å². The van der Waals surface area contributed by atoms with Crippen molar-refractivity contribution in [2.75, 3.05) is 5.32 Å². The van der Waals surface area contributed by atoms with Crippen molar-refractivity contribution in [2.45, 2.75) is 31.8 Å². The summed E-state index contributed by atoms with van der Waals surface area (Å²) >= 11 is 5.81. The fraction of sp³-hybridized carbons (Fsp3) is 0.294. The number of halogens is 1. The quantitative estimate of drug-likeness (QED) is 0.632. The van der Waals surface area contributed by atoms with Crippen LogP contribution in [0.15, 0.2) is 42.7 Å². The standard InChI is InChI=1S/C17H17ClN4O3/c1-11(12-3-2-8-19-10-12)21(14-5-6-14)17(23)20-13-4-7-15(18)16(9-13)22(24)25/h2-4,7-11,14H,5-6H2,1H3,(H,20,23). The highest BCUT2D eigenvalue weighted by Gasteiger charge is 2.36. The summed E-state index contributed by atoms with van der Waals surface area (Å²) in [6.07, 6.45) is 5.31. The first-order chi connectivity index (χ1) is 12.0. The molecule has 1 heterocycles. The van der Waals surface area contributed by atoms with E-state index in [1.54, 1.807) is 23.4 Å². The second-order valence-corrected chi connectivity index (χ2v) is 6.36. The zero-order chi connectivity index (χ0) is 18.0. The molecule has 0 bridgehead atoms. The third-order valence-electron chi connectivity index (χ3n) is 4.15. The number of nitrogens with zero attached hydrogens (tertiary/aromatic N) is 3. The molecular formula is C17H17ClN4O3. The Balaban J connectivity index is 1.80. The number of pyridine rings is 1. The summed E-state index contributed by atoms with van der Waals surface area (Å²) in [5, 5.41) is 13.8. The SMILES string of the molecule is CC(c1cccnc1)N(C(=O)Nc1ccc(Cl)c([N+](=O)[O-])c1)C1CC1. The molecule has 1 unspecified atom stereocenters. The second kappa shape index (κ2) is 7.06. The predicted octanol–water partition coefficient (Wildman–Crippen LogP) is 4.40. The summed E-state index contributed by atoms with van der Waals surface area (Å²) in [6.45, 7) is 1.94. The first kappa shape index (κ1) is 17.2. The minimum Gasteiger partial charge on any atom is -0.315 e. The molecule has 1 saturated carbocycles. The summed E-state index contributed by atoms with van der Waals surface area (Å²) in [5.74, 6) is 0. The second-order valence-electron chi connectivity index (χ2n) is 5.95. The maximum atomic E-state index is 12.8. The van der Waals surface area contributed by atoms with E-state index in [4.69, 9.17) is 11.6 Å². The lowest BCUT2D eigenvalue weighted by atomic mass is 10.1. The molecule has 130 valence electrons. The van der Waals surface area contributed by atoms with E-state index in [0.29, 0.717) is 5.69 Å². The maximum Gasteiger partial charge on any atom is 0.322 e. The molecule has 1 N–H and O–H groups in total. The van der Waals surface area contributed by atoms with Gasteiger partial charge in [0, 0.05) is 30.2 Å². The maximum absolute atomic E-state index is 12.8. The number of carbonyl (C=O) groups excluding carboxylic acids is 1. The van der Waals surface area contributed by atoms with Crippen LogP contribution in [0.4, 0.5) is 16.2 Å². The van der Waals surface area contributed by atoms with Gasteiger partial charge in [0.05, 0.1) is 11.0 Å². The van der Waals surface area contributed by atoms with E-state index < -0.39 is 4.92 Å². The monoisotopic (exact) mass is 360 g/mol. The van der Waals surface area contributed by atoms with Crippen LogP contribution < -0.4 is 5.32 Å². The Morgan fingerprint density at radius 2 is 2.20 bits per heavy atom. The lowest BCUT2D eigenvalue weighted by Crippen LogP contribution is -2.38. The Morgan fingerprint density at radius 3 is 2.80 bits per heavy atom. The van der Waals surface area contributed by atoms with Crippen LogP contribution in [0.3, 0.4) is 0 Å². The molecule has 7 nitrogen and oxygen atoms in total. The van der Waals surface area contributed by atoms with Crippen LogP contribution in [0.5, 0.6) is 0 Å². The average Bonchev–Trinajstić information content (AvgIpc) is 3.42. The molecule has 1 aromatic heterocycles. The van der Waals surface area contributed by atoms with Crippen LogP contribution in [0.1, 0.15) is 31.4 Å². The number of anilines is 1. The molecule has 2 amide bonds. The summed E-state index contributed by atoms with van der Waals surface area (Å²) in [4.78, 5) is 29.1. The van der Waals surface area contributed by atoms with Crippen molar-refractivity contribution >= 4 is 29.0 Å². The van der Waals surface area contributed by atoms with Crippen molar-refractivity contribution in [3.8, 4) is 0 Å². The van der Waals surface area contributed by atoms with Crippen LogP contribution >= 0.6 is 11.6 Å². The van der Waals surface area contributed by atoms with Gasteiger partial charge in [-0.05, 0) is 43.5 Å². The predicted molar refractivity (Wildman–Crippen MR) is 94.6 cm³/mol. The highest BCUT2D eigenvalue weighted by molar-refractivity contribution is 6.32. The van der Waals surface area contributed by atoms with Crippen molar-refractivity contribution in [1.82, 2.24) is 9.88 Å². The van der Waals surface area contributed by atoms with Crippen LogP contribution in [-0.2, 0) is 0 Å². The number of benzene rings is 1. The van der Waals surface area contributed by atoms with E-state index in [1.165, 1.54) is 12.1 Å². The zero-order valence-corrected chi connectivity index (χ0v) is 14.3. The Labute approximate surface area is 149 Å². The van der Waals surface area contributed by atoms with Gasteiger partial charge in [-0.3, -0.25) is 15.1 Å². The highest BCUT2D eigenvalue weighted by Crippen LogP contribution is 2.35. The van der Waals surface area contributed by atoms with Crippen LogP contribution in [0.25, 0.3) is 0 Å². The van der Waals surface area contributed by atoms with E-state index in [1.807, 2.05) is 19.1 Å². The topological polar surface area (TPSA) is 88.4 Å². The van der Waals surface area contributed by atoms with Gasteiger partial charge in [0.1, 0.15) is 5.02 Å². The number of hydrogen-bond acceptors (Lipinski definition) is 4. The number of nitrogens with one attached hydrogen (secondary N) is 1. The van der Waals surface area contributed by atoms with Crippen molar-refractivity contribution < 1.29 is 9.72 Å². The lowest BCUT2D eigenvalue weighted by molar-refractivity contribution is -0.384. The number of aromatic nitrogens is 1. The van der Waals surface area contributed by atoms with Crippen molar-refractivity contribution in [2.24, 2.45) is 0 Å². The Bertz CT molecular complexity index is 796. The third kappa shape index (κ3) is 3.88. The molecule has 1 fully saturated rings. The summed E-state index contributed by atoms with van der Waals surface area (Å²) < 4.78 is 0. The van der Waals surface area contributed by atoms with E-state index in [-0.39, 0.29) is 28.8 Å². The Hall–Kier alpha value is -2.67. The molecule has 0 radical (unpaired) electrons. The number of hydrogen-bond donors (Lipinski definition) is 1. The largest absolute Gasteiger partial charge is 0.322 e. The van der Waals surface area contributed by atoms with Crippen LogP contribution in [0, 0.1) is 10.1 Å². The van der Waals surface area contributed by atoms with Gasteiger partial charge in [-0.15, -0.1) is 0 Å². The Morgan fingerprint density at radius 1 is 1.44 bits per heavy atom. The van der Waals surface area contributed by atoms with Gasteiger partial charge in [0.25, 0.3) is 5.69 Å². The highest BCUT2D eigenvalue weighted by atomic mass is 35.5. The minimum absolute atomic E-state index is 0.0331. The van der Waals surface area contributed by atoms with Gasteiger partial charge in [0.2, 0.25) is 0 Å². The smallest absolute Gasteiger partial charge is 0.315 e. The molecule has 0 spiro atoms. The van der Waals surface area contributed by atoms with Gasteiger partial charge < -0.3 is 10.2 Å². The molecule has 8 heteroatoms. The van der Waals surface area contributed by atoms with Crippen molar-refractivity contribution in [3.05, 3.63) is 63.4 Å². The molecule has 1 aliphatic carbocycles. The summed E-state index contributed by atoms with van der Waals surface area (Å²) in [7, 11) is 0. The number of nitro benzene ring substituents is 1. The zero-order valence-electron chi connectivity index (χ0n) is 13.6. The molecule has 25 heavy (non-hydrogen) atoms.